The highest BCUT2D eigenvalue weighted by Gasteiger charge is 2.38. The van der Waals surface area contributed by atoms with Crippen molar-refractivity contribution in [2.75, 3.05) is 18.0 Å². The SMILES string of the molecule is CCNC1C(=O)N(CC)c2c(F)cc(C)cc21. The Labute approximate surface area is 101 Å². The Kier molecular flexibility index (Phi) is 3.15. The van der Waals surface area contributed by atoms with E-state index in [2.05, 4.69) is 5.32 Å². The van der Waals surface area contributed by atoms with E-state index in [1.54, 1.807) is 0 Å². The minimum absolute atomic E-state index is 0.0612. The summed E-state index contributed by atoms with van der Waals surface area (Å²) in [6.45, 7) is 6.81. The van der Waals surface area contributed by atoms with Crippen LogP contribution in [0.4, 0.5) is 10.1 Å². The average molecular weight is 236 g/mol. The van der Waals surface area contributed by atoms with Crippen LogP contribution in [0.2, 0.25) is 0 Å². The fourth-order valence-corrected chi connectivity index (χ4v) is 2.38. The molecule has 2 rings (SSSR count). The fourth-order valence-electron chi connectivity index (χ4n) is 2.38. The number of aryl methyl sites for hydroxylation is 1. The monoisotopic (exact) mass is 236 g/mol. The molecule has 0 radical (unpaired) electrons. The predicted octanol–water partition coefficient (Wildman–Crippen LogP) is 2.15. The molecule has 1 amide bonds. The highest BCUT2D eigenvalue weighted by Crippen LogP contribution is 2.38. The molecule has 0 saturated heterocycles. The molecule has 1 aliphatic rings. The average Bonchev–Trinajstić information content (AvgIpc) is 2.53. The van der Waals surface area contributed by atoms with Gasteiger partial charge in [-0.05, 0) is 32.0 Å². The minimum Gasteiger partial charge on any atom is -0.308 e. The van der Waals surface area contributed by atoms with E-state index >= 15 is 0 Å². The van der Waals surface area contributed by atoms with Gasteiger partial charge in [0.15, 0.2) is 0 Å². The molecule has 1 aromatic carbocycles. The van der Waals surface area contributed by atoms with Crippen LogP contribution in [0.3, 0.4) is 0 Å². The van der Waals surface area contributed by atoms with Crippen molar-refractivity contribution in [3.63, 3.8) is 0 Å². The third kappa shape index (κ3) is 1.82. The Balaban J connectivity index is 2.56. The van der Waals surface area contributed by atoms with E-state index in [-0.39, 0.29) is 11.7 Å². The number of nitrogens with one attached hydrogen (secondary N) is 1. The van der Waals surface area contributed by atoms with Crippen LogP contribution >= 0.6 is 0 Å². The summed E-state index contributed by atoms with van der Waals surface area (Å²) in [5, 5.41) is 3.11. The van der Waals surface area contributed by atoms with Crippen LogP contribution in [0.25, 0.3) is 0 Å². The summed E-state index contributed by atoms with van der Waals surface area (Å²) in [4.78, 5) is 13.7. The number of anilines is 1. The largest absolute Gasteiger partial charge is 0.308 e. The standard InChI is InChI=1S/C13H17FN2O/c1-4-15-11-9-6-8(3)7-10(14)12(9)16(5-2)13(11)17/h6-7,11,15H,4-5H2,1-3H3. The smallest absolute Gasteiger partial charge is 0.248 e. The summed E-state index contributed by atoms with van der Waals surface area (Å²) in [5.74, 6) is -0.371. The predicted molar refractivity (Wildman–Crippen MR) is 65.6 cm³/mol. The molecule has 0 fully saturated rings. The van der Waals surface area contributed by atoms with Crippen LogP contribution in [-0.2, 0) is 4.79 Å². The second-order valence-corrected chi connectivity index (χ2v) is 4.26. The molecule has 0 bridgehead atoms. The lowest BCUT2D eigenvalue weighted by molar-refractivity contribution is -0.119. The number of hydrogen-bond acceptors (Lipinski definition) is 2. The molecule has 0 spiro atoms. The first kappa shape index (κ1) is 12.0. The molecule has 0 saturated carbocycles. The van der Waals surface area contributed by atoms with Gasteiger partial charge in [0.1, 0.15) is 11.9 Å². The highest BCUT2D eigenvalue weighted by atomic mass is 19.1. The lowest BCUT2D eigenvalue weighted by Gasteiger charge is -2.15. The van der Waals surface area contributed by atoms with E-state index in [4.69, 9.17) is 0 Å². The van der Waals surface area contributed by atoms with Crippen molar-refractivity contribution < 1.29 is 9.18 Å². The normalized spacial score (nSPS) is 18.7. The molecule has 0 aliphatic carbocycles. The van der Waals surface area contributed by atoms with Gasteiger partial charge in [-0.25, -0.2) is 4.39 Å². The van der Waals surface area contributed by atoms with Crippen LogP contribution in [0.15, 0.2) is 12.1 Å². The van der Waals surface area contributed by atoms with Gasteiger partial charge in [0.25, 0.3) is 0 Å². The summed E-state index contributed by atoms with van der Waals surface area (Å²) in [5.41, 5.74) is 2.04. The molecule has 3 nitrogen and oxygen atoms in total. The maximum absolute atomic E-state index is 14.0. The van der Waals surface area contributed by atoms with Crippen LogP contribution in [0.5, 0.6) is 0 Å². The Morgan fingerprint density at radius 1 is 1.41 bits per heavy atom. The van der Waals surface area contributed by atoms with Gasteiger partial charge in [0.05, 0.1) is 5.69 Å². The van der Waals surface area contributed by atoms with Gasteiger partial charge in [-0.15, -0.1) is 0 Å². The van der Waals surface area contributed by atoms with Crippen molar-refractivity contribution in [1.82, 2.24) is 5.32 Å². The van der Waals surface area contributed by atoms with Gasteiger partial charge in [-0.2, -0.15) is 0 Å². The van der Waals surface area contributed by atoms with Crippen molar-refractivity contribution in [3.8, 4) is 0 Å². The first-order chi connectivity index (χ1) is 8.10. The van der Waals surface area contributed by atoms with E-state index in [1.165, 1.54) is 11.0 Å². The third-order valence-electron chi connectivity index (χ3n) is 3.06. The van der Waals surface area contributed by atoms with E-state index in [0.717, 1.165) is 11.1 Å². The molecule has 92 valence electrons. The van der Waals surface area contributed by atoms with E-state index in [1.807, 2.05) is 26.8 Å². The summed E-state index contributed by atoms with van der Waals surface area (Å²) < 4.78 is 14.0. The molecule has 1 unspecified atom stereocenters. The first-order valence-corrected chi connectivity index (χ1v) is 5.95. The Morgan fingerprint density at radius 2 is 2.12 bits per heavy atom. The molecule has 1 aromatic rings. The van der Waals surface area contributed by atoms with Crippen molar-refractivity contribution >= 4 is 11.6 Å². The lowest BCUT2D eigenvalue weighted by atomic mass is 10.0. The highest BCUT2D eigenvalue weighted by molar-refractivity contribution is 6.04. The summed E-state index contributed by atoms with van der Waals surface area (Å²) in [7, 11) is 0. The van der Waals surface area contributed by atoms with Gasteiger partial charge in [-0.1, -0.05) is 13.0 Å². The molecular weight excluding hydrogens is 219 g/mol. The Hall–Kier alpha value is -1.42. The van der Waals surface area contributed by atoms with Gasteiger partial charge < -0.3 is 10.2 Å². The zero-order valence-corrected chi connectivity index (χ0v) is 10.4. The zero-order valence-electron chi connectivity index (χ0n) is 10.4. The number of likely N-dealkylation sites (N-methyl/N-ethyl adjacent to an activating group) is 2. The van der Waals surface area contributed by atoms with Gasteiger partial charge in [0, 0.05) is 12.1 Å². The molecule has 17 heavy (non-hydrogen) atoms. The minimum atomic E-state index is -0.399. The van der Waals surface area contributed by atoms with Crippen molar-refractivity contribution in [2.45, 2.75) is 26.8 Å². The quantitative estimate of drug-likeness (QED) is 0.872. The number of halogens is 1. The Morgan fingerprint density at radius 3 is 2.71 bits per heavy atom. The molecule has 4 heteroatoms. The number of benzene rings is 1. The number of amides is 1. The van der Waals surface area contributed by atoms with E-state index in [9.17, 15) is 9.18 Å². The lowest BCUT2D eigenvalue weighted by Crippen LogP contribution is -2.34. The van der Waals surface area contributed by atoms with Crippen LogP contribution in [0.1, 0.15) is 31.0 Å². The van der Waals surface area contributed by atoms with Gasteiger partial charge in [0.2, 0.25) is 5.91 Å². The van der Waals surface area contributed by atoms with Crippen molar-refractivity contribution in [2.24, 2.45) is 0 Å². The number of hydrogen-bond donors (Lipinski definition) is 1. The number of fused-ring (bicyclic) bond motifs is 1. The number of nitrogens with zero attached hydrogens (tertiary/aromatic N) is 1. The molecule has 1 N–H and O–H groups in total. The molecule has 1 heterocycles. The number of rotatable bonds is 3. The first-order valence-electron chi connectivity index (χ1n) is 5.95. The van der Waals surface area contributed by atoms with Crippen LogP contribution in [-0.4, -0.2) is 19.0 Å². The second-order valence-electron chi connectivity index (χ2n) is 4.26. The summed E-state index contributed by atoms with van der Waals surface area (Å²) in [6, 6.07) is 2.96. The van der Waals surface area contributed by atoms with E-state index < -0.39 is 6.04 Å². The van der Waals surface area contributed by atoms with Crippen molar-refractivity contribution in [3.05, 3.63) is 29.1 Å². The summed E-state index contributed by atoms with van der Waals surface area (Å²) >= 11 is 0. The number of carbonyl (C=O) groups is 1. The summed E-state index contributed by atoms with van der Waals surface area (Å²) in [6.07, 6.45) is 0. The molecule has 0 aromatic heterocycles. The van der Waals surface area contributed by atoms with Crippen LogP contribution in [0, 0.1) is 12.7 Å². The maximum atomic E-state index is 14.0. The Bertz CT molecular complexity index is 459. The fraction of sp³-hybridized carbons (Fsp3) is 0.462. The maximum Gasteiger partial charge on any atom is 0.248 e. The molecule has 1 aliphatic heterocycles. The second kappa shape index (κ2) is 4.45. The zero-order chi connectivity index (χ0) is 12.6. The van der Waals surface area contributed by atoms with Crippen molar-refractivity contribution in [1.29, 1.82) is 0 Å². The van der Waals surface area contributed by atoms with Crippen LogP contribution < -0.4 is 10.2 Å². The third-order valence-corrected chi connectivity index (χ3v) is 3.06. The van der Waals surface area contributed by atoms with E-state index in [0.29, 0.717) is 18.8 Å². The van der Waals surface area contributed by atoms with Gasteiger partial charge in [-0.3, -0.25) is 4.79 Å². The number of carbonyl (C=O) groups excluding carboxylic acids is 1. The molecule has 1 atom stereocenters. The van der Waals surface area contributed by atoms with Gasteiger partial charge >= 0.3 is 0 Å². The topological polar surface area (TPSA) is 32.3 Å². The molecular formula is C13H17FN2O.